The molecule has 1 aromatic rings. The number of aliphatic hydroxyl groups is 1. The molecule has 1 saturated carbocycles. The molecule has 1 unspecified atom stereocenters. The molecule has 1 aromatic carbocycles. The van der Waals surface area contributed by atoms with Gasteiger partial charge >= 0.3 is 0 Å². The highest BCUT2D eigenvalue weighted by Gasteiger charge is 2.27. The van der Waals surface area contributed by atoms with E-state index in [1.807, 2.05) is 12.1 Å². The number of nitrogens with one attached hydrogen (secondary N) is 1. The van der Waals surface area contributed by atoms with Gasteiger partial charge in [-0.1, -0.05) is 31.4 Å². The molecule has 0 bridgehead atoms. The van der Waals surface area contributed by atoms with Crippen LogP contribution in [0.25, 0.3) is 0 Å². The maximum absolute atomic E-state index is 12.3. The Morgan fingerprint density at radius 3 is 2.56 bits per heavy atom. The lowest BCUT2D eigenvalue weighted by atomic mass is 9.91. The lowest BCUT2D eigenvalue weighted by Gasteiger charge is -2.25. The summed E-state index contributed by atoms with van der Waals surface area (Å²) in [6.07, 6.45) is 5.97. The molecule has 2 atom stereocenters. The van der Waals surface area contributed by atoms with Gasteiger partial charge in [0.25, 0.3) is 0 Å². The highest BCUT2D eigenvalue weighted by molar-refractivity contribution is 7.58. The standard InChI is InChI=1S/C19H29N2O3P/c20-12-17-8-6-16(7-9-17)10-11-21-13-19(22)15-25(23,24)14-18-4-2-1-3-5-18/h6-9,18-19,21-22H,1-5,10-11,13-15H2,(H,23,24)/t19-/m1/s1. The first kappa shape index (κ1) is 20.1. The first-order chi connectivity index (χ1) is 12.0. The van der Waals surface area contributed by atoms with E-state index in [1.165, 1.54) is 6.42 Å². The van der Waals surface area contributed by atoms with E-state index in [1.54, 1.807) is 12.1 Å². The van der Waals surface area contributed by atoms with Crippen molar-refractivity contribution in [2.24, 2.45) is 5.92 Å². The Kier molecular flexibility index (Phi) is 8.12. The van der Waals surface area contributed by atoms with Crippen molar-refractivity contribution in [3.8, 4) is 6.07 Å². The van der Waals surface area contributed by atoms with Crippen LogP contribution in [0.3, 0.4) is 0 Å². The topological polar surface area (TPSA) is 93.4 Å². The summed E-state index contributed by atoms with van der Waals surface area (Å²) in [5, 5.41) is 22.0. The van der Waals surface area contributed by atoms with Crippen LogP contribution in [0.2, 0.25) is 0 Å². The summed E-state index contributed by atoms with van der Waals surface area (Å²) in [5.41, 5.74) is 1.76. The van der Waals surface area contributed by atoms with Gasteiger partial charge in [0.2, 0.25) is 7.37 Å². The molecule has 0 heterocycles. The average Bonchev–Trinajstić information content (AvgIpc) is 2.59. The Morgan fingerprint density at radius 2 is 1.92 bits per heavy atom. The van der Waals surface area contributed by atoms with Crippen LogP contribution in [-0.2, 0) is 11.0 Å². The smallest absolute Gasteiger partial charge is 0.203 e. The fraction of sp³-hybridized carbons (Fsp3) is 0.632. The predicted octanol–water partition coefficient (Wildman–Crippen LogP) is 2.90. The minimum atomic E-state index is -3.25. The van der Waals surface area contributed by atoms with Crippen LogP contribution in [0.5, 0.6) is 0 Å². The van der Waals surface area contributed by atoms with E-state index in [2.05, 4.69) is 11.4 Å². The van der Waals surface area contributed by atoms with Gasteiger partial charge in [-0.05, 0) is 49.4 Å². The molecule has 3 N–H and O–H groups in total. The zero-order valence-corrected chi connectivity index (χ0v) is 15.6. The number of nitriles is 1. The Hall–Kier alpha value is -1.18. The summed E-state index contributed by atoms with van der Waals surface area (Å²) in [6.45, 7) is 1.01. The van der Waals surface area contributed by atoms with Gasteiger partial charge in [-0.15, -0.1) is 0 Å². The molecule has 1 aliphatic rings. The number of aliphatic hydroxyl groups excluding tert-OH is 1. The van der Waals surface area contributed by atoms with E-state index < -0.39 is 13.5 Å². The van der Waals surface area contributed by atoms with Gasteiger partial charge < -0.3 is 15.3 Å². The Bertz CT molecular complexity index is 606. The summed E-state index contributed by atoms with van der Waals surface area (Å²) in [6, 6.07) is 9.51. The molecule has 0 aromatic heterocycles. The molecule has 6 heteroatoms. The number of hydrogen-bond donors (Lipinski definition) is 3. The molecule has 0 aliphatic heterocycles. The van der Waals surface area contributed by atoms with Gasteiger partial charge in [0.15, 0.2) is 0 Å². The van der Waals surface area contributed by atoms with Gasteiger partial charge in [-0.2, -0.15) is 5.26 Å². The van der Waals surface area contributed by atoms with Crippen molar-refractivity contribution in [1.82, 2.24) is 5.32 Å². The van der Waals surface area contributed by atoms with Gasteiger partial charge in [0, 0.05) is 12.7 Å². The second-order valence-corrected chi connectivity index (χ2v) is 9.56. The molecule has 25 heavy (non-hydrogen) atoms. The van der Waals surface area contributed by atoms with Crippen LogP contribution in [0.1, 0.15) is 43.2 Å². The third-order valence-electron chi connectivity index (χ3n) is 4.82. The maximum Gasteiger partial charge on any atom is 0.203 e. The molecular formula is C19H29N2O3P. The van der Waals surface area contributed by atoms with Gasteiger partial charge in [-0.3, -0.25) is 4.57 Å². The Morgan fingerprint density at radius 1 is 1.24 bits per heavy atom. The van der Waals surface area contributed by atoms with Crippen LogP contribution in [0, 0.1) is 17.2 Å². The quantitative estimate of drug-likeness (QED) is 0.463. The maximum atomic E-state index is 12.3. The molecule has 5 nitrogen and oxygen atoms in total. The average molecular weight is 364 g/mol. The van der Waals surface area contributed by atoms with E-state index in [9.17, 15) is 14.6 Å². The minimum Gasteiger partial charge on any atom is -0.391 e. The number of benzene rings is 1. The summed E-state index contributed by atoms with van der Waals surface area (Å²) in [5.74, 6) is 0.348. The second-order valence-electron chi connectivity index (χ2n) is 7.13. The summed E-state index contributed by atoms with van der Waals surface area (Å²) >= 11 is 0. The first-order valence-corrected chi connectivity index (χ1v) is 11.2. The normalized spacial score (nSPS) is 19.1. The SMILES string of the molecule is N#Cc1ccc(CCNC[C@@H](O)CP(=O)(O)CC2CCCCC2)cc1. The van der Waals surface area contributed by atoms with Crippen LogP contribution in [0.4, 0.5) is 0 Å². The number of rotatable bonds is 9. The van der Waals surface area contributed by atoms with Crippen molar-refractivity contribution in [3.05, 3.63) is 35.4 Å². The van der Waals surface area contributed by atoms with E-state index in [0.29, 0.717) is 30.7 Å². The zero-order chi connectivity index (χ0) is 18.1. The molecule has 0 amide bonds. The van der Waals surface area contributed by atoms with Gasteiger partial charge in [0.05, 0.1) is 23.9 Å². The molecular weight excluding hydrogens is 335 g/mol. The van der Waals surface area contributed by atoms with Crippen molar-refractivity contribution in [2.75, 3.05) is 25.4 Å². The van der Waals surface area contributed by atoms with Crippen molar-refractivity contribution >= 4 is 7.37 Å². The van der Waals surface area contributed by atoms with Crippen LogP contribution >= 0.6 is 7.37 Å². The third-order valence-corrected chi connectivity index (χ3v) is 6.90. The second kappa shape index (κ2) is 10.1. The van der Waals surface area contributed by atoms with Crippen molar-refractivity contribution < 1.29 is 14.6 Å². The highest BCUT2D eigenvalue weighted by Crippen LogP contribution is 2.45. The lowest BCUT2D eigenvalue weighted by Crippen LogP contribution is -2.31. The highest BCUT2D eigenvalue weighted by atomic mass is 31.2. The third kappa shape index (κ3) is 7.71. The van der Waals surface area contributed by atoms with E-state index in [4.69, 9.17) is 5.26 Å². The summed E-state index contributed by atoms with van der Waals surface area (Å²) in [4.78, 5) is 10.2. The Labute approximate surface area is 150 Å². The molecule has 0 saturated heterocycles. The van der Waals surface area contributed by atoms with Crippen molar-refractivity contribution in [1.29, 1.82) is 5.26 Å². The monoisotopic (exact) mass is 364 g/mol. The van der Waals surface area contributed by atoms with Crippen LogP contribution in [0.15, 0.2) is 24.3 Å². The molecule has 2 rings (SSSR count). The van der Waals surface area contributed by atoms with Crippen molar-refractivity contribution in [3.63, 3.8) is 0 Å². The fourth-order valence-electron chi connectivity index (χ4n) is 3.49. The molecule has 1 fully saturated rings. The van der Waals surface area contributed by atoms with Crippen molar-refractivity contribution in [2.45, 2.75) is 44.6 Å². The first-order valence-electron chi connectivity index (χ1n) is 9.17. The molecule has 0 spiro atoms. The molecule has 138 valence electrons. The lowest BCUT2D eigenvalue weighted by molar-refractivity contribution is 0.190. The van der Waals surface area contributed by atoms with E-state index in [-0.39, 0.29) is 6.16 Å². The number of nitrogens with zero attached hydrogens (tertiary/aromatic N) is 1. The van der Waals surface area contributed by atoms with Crippen LogP contribution in [-0.4, -0.2) is 41.5 Å². The summed E-state index contributed by atoms with van der Waals surface area (Å²) in [7, 11) is -3.25. The largest absolute Gasteiger partial charge is 0.391 e. The van der Waals surface area contributed by atoms with Crippen LogP contribution < -0.4 is 5.32 Å². The molecule has 0 radical (unpaired) electrons. The number of hydrogen-bond acceptors (Lipinski definition) is 4. The van der Waals surface area contributed by atoms with Gasteiger partial charge in [0.1, 0.15) is 0 Å². The predicted molar refractivity (Wildman–Crippen MR) is 99.9 cm³/mol. The fourth-order valence-corrected chi connectivity index (χ4v) is 5.60. The minimum absolute atomic E-state index is 0.0205. The zero-order valence-electron chi connectivity index (χ0n) is 14.7. The molecule has 1 aliphatic carbocycles. The van der Waals surface area contributed by atoms with Gasteiger partial charge in [-0.25, -0.2) is 0 Å². The van der Waals surface area contributed by atoms with E-state index in [0.717, 1.165) is 37.7 Å². The summed E-state index contributed by atoms with van der Waals surface area (Å²) < 4.78 is 12.3. The Balaban J connectivity index is 1.64. The van der Waals surface area contributed by atoms with E-state index >= 15 is 0 Å².